The summed E-state index contributed by atoms with van der Waals surface area (Å²) in [7, 11) is 0. The Morgan fingerprint density at radius 3 is 2.48 bits per heavy atom. The third-order valence-electron chi connectivity index (χ3n) is 3.90. The van der Waals surface area contributed by atoms with Crippen molar-refractivity contribution >= 4 is 46.3 Å². The van der Waals surface area contributed by atoms with Crippen molar-refractivity contribution in [2.45, 2.75) is 0 Å². The van der Waals surface area contributed by atoms with Crippen LogP contribution in [-0.4, -0.2) is 35.4 Å². The molecular weight excluding hydrogens is 362 g/mol. The maximum absolute atomic E-state index is 12.6. The van der Waals surface area contributed by atoms with Crippen LogP contribution in [0.15, 0.2) is 42.5 Å². The molecule has 0 unspecified atom stereocenters. The summed E-state index contributed by atoms with van der Waals surface area (Å²) in [5, 5.41) is 14.9. The number of thioether (sulfide) groups is 1. The van der Waals surface area contributed by atoms with E-state index in [-0.39, 0.29) is 11.3 Å². The molecule has 0 aromatic heterocycles. The second-order valence-corrected chi connectivity index (χ2v) is 7.15. The molecule has 1 heterocycles. The van der Waals surface area contributed by atoms with E-state index >= 15 is 0 Å². The lowest BCUT2D eigenvalue weighted by Gasteiger charge is -2.28. The summed E-state index contributed by atoms with van der Waals surface area (Å²) in [5.41, 5.74) is 0.925. The number of nitrogens with one attached hydrogen (secondary N) is 1. The number of para-hydroxylation sites is 1. The highest BCUT2D eigenvalue weighted by Gasteiger charge is 2.28. The van der Waals surface area contributed by atoms with Gasteiger partial charge in [-0.25, -0.2) is 0 Å². The fourth-order valence-electron chi connectivity index (χ4n) is 2.70. The molecule has 2 aromatic rings. The number of nitrogens with zero attached hydrogens (tertiary/aromatic N) is 2. The lowest BCUT2D eigenvalue weighted by atomic mass is 10.1. The highest BCUT2D eigenvalue weighted by atomic mass is 35.5. The summed E-state index contributed by atoms with van der Waals surface area (Å²) in [6.45, 7) is 1.46. The fraction of sp³-hybridized carbons (Fsp3) is 0.235. The van der Waals surface area contributed by atoms with Gasteiger partial charge in [-0.3, -0.25) is 14.9 Å². The van der Waals surface area contributed by atoms with E-state index in [9.17, 15) is 14.9 Å². The van der Waals surface area contributed by atoms with Crippen LogP contribution in [0.4, 0.5) is 17.1 Å². The number of nitro groups is 1. The van der Waals surface area contributed by atoms with Gasteiger partial charge in [0.2, 0.25) is 0 Å². The zero-order valence-corrected chi connectivity index (χ0v) is 14.8. The predicted octanol–water partition coefficient (Wildman–Crippen LogP) is 4.05. The second kappa shape index (κ2) is 7.76. The van der Waals surface area contributed by atoms with Crippen LogP contribution >= 0.6 is 23.4 Å². The molecule has 1 fully saturated rings. The number of rotatable bonds is 4. The van der Waals surface area contributed by atoms with Crippen LogP contribution in [0.3, 0.4) is 0 Å². The first-order valence-corrected chi connectivity index (χ1v) is 9.26. The van der Waals surface area contributed by atoms with E-state index in [1.54, 1.807) is 36.4 Å². The lowest BCUT2D eigenvalue weighted by molar-refractivity contribution is -0.384. The van der Waals surface area contributed by atoms with E-state index in [4.69, 9.17) is 11.6 Å². The molecule has 0 saturated carbocycles. The molecule has 1 amide bonds. The van der Waals surface area contributed by atoms with Crippen molar-refractivity contribution in [1.29, 1.82) is 0 Å². The number of amides is 1. The Labute approximate surface area is 154 Å². The van der Waals surface area contributed by atoms with Crippen molar-refractivity contribution in [3.8, 4) is 0 Å². The van der Waals surface area contributed by atoms with Crippen molar-refractivity contribution in [2.24, 2.45) is 0 Å². The van der Waals surface area contributed by atoms with Gasteiger partial charge in [-0.1, -0.05) is 17.7 Å². The van der Waals surface area contributed by atoms with Gasteiger partial charge in [-0.15, -0.1) is 0 Å². The molecule has 0 radical (unpaired) electrons. The first-order chi connectivity index (χ1) is 12.1. The third kappa shape index (κ3) is 4.05. The molecule has 1 aliphatic rings. The molecule has 0 atom stereocenters. The lowest BCUT2D eigenvalue weighted by Crippen LogP contribution is -2.33. The van der Waals surface area contributed by atoms with Gasteiger partial charge in [0.25, 0.3) is 5.91 Å². The molecule has 25 heavy (non-hydrogen) atoms. The molecular formula is C17H16ClN3O3S. The van der Waals surface area contributed by atoms with Crippen LogP contribution in [0, 0.1) is 10.1 Å². The number of carbonyl (C=O) groups is 1. The average molecular weight is 378 g/mol. The maximum Gasteiger partial charge on any atom is 0.305 e. The Morgan fingerprint density at radius 1 is 1.16 bits per heavy atom. The van der Waals surface area contributed by atoms with Gasteiger partial charge in [-0.05, 0) is 36.4 Å². The summed E-state index contributed by atoms with van der Waals surface area (Å²) in [6.07, 6.45) is 0. The summed E-state index contributed by atoms with van der Waals surface area (Å²) in [4.78, 5) is 25.7. The van der Waals surface area contributed by atoms with E-state index < -0.39 is 10.8 Å². The van der Waals surface area contributed by atoms with Crippen molar-refractivity contribution in [1.82, 2.24) is 0 Å². The van der Waals surface area contributed by atoms with E-state index in [0.717, 1.165) is 24.6 Å². The molecule has 1 N–H and O–H groups in total. The highest BCUT2D eigenvalue weighted by Crippen LogP contribution is 2.33. The molecule has 8 heteroatoms. The Morgan fingerprint density at radius 2 is 1.84 bits per heavy atom. The number of hydrogen-bond acceptors (Lipinski definition) is 5. The van der Waals surface area contributed by atoms with Crippen molar-refractivity contribution in [3.63, 3.8) is 0 Å². The molecule has 0 aliphatic carbocycles. The second-order valence-electron chi connectivity index (χ2n) is 5.49. The monoisotopic (exact) mass is 377 g/mol. The Balaban J connectivity index is 1.93. The number of anilines is 2. The number of benzene rings is 2. The van der Waals surface area contributed by atoms with Crippen LogP contribution in [0.2, 0.25) is 5.02 Å². The predicted molar refractivity (Wildman–Crippen MR) is 102 cm³/mol. The largest absolute Gasteiger partial charge is 0.364 e. The molecule has 0 spiro atoms. The molecule has 130 valence electrons. The SMILES string of the molecule is O=C(Nc1ccc(Cl)cc1)c1cccc(N2CCSCC2)c1[N+](=O)[O-]. The minimum atomic E-state index is -0.512. The van der Waals surface area contributed by atoms with Crippen LogP contribution in [0.25, 0.3) is 0 Å². The first-order valence-electron chi connectivity index (χ1n) is 7.73. The number of hydrogen-bond donors (Lipinski definition) is 1. The van der Waals surface area contributed by atoms with Crippen molar-refractivity contribution in [2.75, 3.05) is 34.8 Å². The molecule has 0 bridgehead atoms. The smallest absolute Gasteiger partial charge is 0.305 e. The zero-order chi connectivity index (χ0) is 17.8. The molecule has 1 aliphatic heterocycles. The summed E-state index contributed by atoms with van der Waals surface area (Å²) < 4.78 is 0. The van der Waals surface area contributed by atoms with Gasteiger partial charge >= 0.3 is 5.69 Å². The van der Waals surface area contributed by atoms with Crippen LogP contribution < -0.4 is 10.2 Å². The van der Waals surface area contributed by atoms with Crippen LogP contribution in [0.1, 0.15) is 10.4 Å². The van der Waals surface area contributed by atoms with Gasteiger partial charge < -0.3 is 10.2 Å². The average Bonchev–Trinajstić information content (AvgIpc) is 2.63. The van der Waals surface area contributed by atoms with E-state index in [0.29, 0.717) is 16.4 Å². The maximum atomic E-state index is 12.6. The summed E-state index contributed by atoms with van der Waals surface area (Å²) in [5.74, 6) is 1.32. The molecule has 3 rings (SSSR count). The quantitative estimate of drug-likeness (QED) is 0.642. The summed E-state index contributed by atoms with van der Waals surface area (Å²) in [6, 6.07) is 11.5. The summed E-state index contributed by atoms with van der Waals surface area (Å²) >= 11 is 7.65. The minimum absolute atomic E-state index is 0.0516. The number of nitro benzene ring substituents is 1. The van der Waals surface area contributed by atoms with E-state index in [1.807, 2.05) is 16.7 Å². The Bertz CT molecular complexity index is 792. The van der Waals surface area contributed by atoms with Crippen molar-refractivity contribution in [3.05, 3.63) is 63.2 Å². The van der Waals surface area contributed by atoms with Gasteiger partial charge in [0.1, 0.15) is 11.3 Å². The molecule has 6 nitrogen and oxygen atoms in total. The van der Waals surface area contributed by atoms with E-state index in [1.165, 1.54) is 6.07 Å². The van der Waals surface area contributed by atoms with Crippen LogP contribution in [0.5, 0.6) is 0 Å². The topological polar surface area (TPSA) is 75.5 Å². The van der Waals surface area contributed by atoms with Gasteiger partial charge in [-0.2, -0.15) is 11.8 Å². The Kier molecular flexibility index (Phi) is 5.45. The third-order valence-corrected chi connectivity index (χ3v) is 5.09. The van der Waals surface area contributed by atoms with Gasteiger partial charge in [0.15, 0.2) is 0 Å². The molecule has 2 aromatic carbocycles. The number of halogens is 1. The van der Waals surface area contributed by atoms with E-state index in [2.05, 4.69) is 5.32 Å². The number of carbonyl (C=O) groups excluding carboxylic acids is 1. The molecule has 1 saturated heterocycles. The van der Waals surface area contributed by atoms with Crippen molar-refractivity contribution < 1.29 is 9.72 Å². The standard InChI is InChI=1S/C17H16ClN3O3S/c18-12-4-6-13(7-5-12)19-17(22)14-2-1-3-15(16(14)21(23)24)20-8-10-25-11-9-20/h1-7H,8-11H2,(H,19,22). The Hall–Kier alpha value is -2.25. The normalized spacial score (nSPS) is 14.2. The van der Waals surface area contributed by atoms with Gasteiger partial charge in [0.05, 0.1) is 4.92 Å². The zero-order valence-electron chi connectivity index (χ0n) is 13.3. The fourth-order valence-corrected chi connectivity index (χ4v) is 3.73. The van der Waals surface area contributed by atoms with Crippen LogP contribution in [-0.2, 0) is 0 Å². The highest BCUT2D eigenvalue weighted by molar-refractivity contribution is 7.99. The minimum Gasteiger partial charge on any atom is -0.364 e. The van der Waals surface area contributed by atoms with Gasteiger partial charge in [0, 0.05) is 35.3 Å². The first kappa shape index (κ1) is 17.6.